The SMILES string of the molecule is C#Cc1ccc(C(=O)N[C@@H](C)C(=O)N[C@@H](C)C(=O)N[C@@H](C)C(=O)O)cc1. The van der Waals surface area contributed by atoms with Crippen molar-refractivity contribution < 1.29 is 24.3 Å². The lowest BCUT2D eigenvalue weighted by molar-refractivity contribution is -0.141. The zero-order valence-electron chi connectivity index (χ0n) is 14.7. The lowest BCUT2D eigenvalue weighted by Crippen LogP contribution is -2.53. The third-order valence-corrected chi connectivity index (χ3v) is 3.54. The first kappa shape index (κ1) is 20.7. The molecule has 1 aromatic rings. The first-order valence-corrected chi connectivity index (χ1v) is 7.86. The summed E-state index contributed by atoms with van der Waals surface area (Å²) in [4.78, 5) is 46.8. The topological polar surface area (TPSA) is 125 Å². The molecule has 0 heterocycles. The van der Waals surface area contributed by atoms with Gasteiger partial charge in [-0.3, -0.25) is 19.2 Å². The van der Waals surface area contributed by atoms with E-state index in [4.69, 9.17) is 11.5 Å². The number of aliphatic carboxylic acids is 1. The molecule has 26 heavy (non-hydrogen) atoms. The summed E-state index contributed by atoms with van der Waals surface area (Å²) in [6, 6.07) is 3.35. The van der Waals surface area contributed by atoms with Gasteiger partial charge >= 0.3 is 5.97 Å². The Hall–Kier alpha value is -3.34. The van der Waals surface area contributed by atoms with Crippen LogP contribution in [-0.2, 0) is 14.4 Å². The standard InChI is InChI=1S/C18H21N3O5/c1-5-13-6-8-14(9-7-13)17(24)20-11(3)15(22)19-10(2)16(23)21-12(4)18(25)26/h1,6-12H,2-4H3,(H,19,22)(H,20,24)(H,21,23)(H,25,26)/t10-,11-,12-/m0/s1. The zero-order chi connectivity index (χ0) is 19.9. The minimum absolute atomic E-state index is 0.338. The summed E-state index contributed by atoms with van der Waals surface area (Å²) >= 11 is 0. The molecule has 0 saturated heterocycles. The molecule has 0 aliphatic carbocycles. The highest BCUT2D eigenvalue weighted by molar-refractivity contribution is 5.98. The van der Waals surface area contributed by atoms with Crippen LogP contribution in [0, 0.1) is 12.3 Å². The van der Waals surface area contributed by atoms with Gasteiger partial charge in [-0.1, -0.05) is 5.92 Å². The Morgan fingerprint density at radius 2 is 1.35 bits per heavy atom. The average Bonchev–Trinajstić information content (AvgIpc) is 2.61. The zero-order valence-corrected chi connectivity index (χ0v) is 14.7. The highest BCUT2D eigenvalue weighted by Gasteiger charge is 2.23. The van der Waals surface area contributed by atoms with Crippen molar-refractivity contribution in [1.29, 1.82) is 0 Å². The van der Waals surface area contributed by atoms with E-state index in [1.807, 2.05) is 0 Å². The Morgan fingerprint density at radius 3 is 1.81 bits per heavy atom. The average molecular weight is 359 g/mol. The van der Waals surface area contributed by atoms with Crippen LogP contribution >= 0.6 is 0 Å². The van der Waals surface area contributed by atoms with Gasteiger partial charge in [0.25, 0.3) is 5.91 Å². The van der Waals surface area contributed by atoms with Crippen LogP contribution in [0.25, 0.3) is 0 Å². The van der Waals surface area contributed by atoms with E-state index in [0.717, 1.165) is 0 Å². The molecule has 0 aliphatic rings. The summed E-state index contributed by atoms with van der Waals surface area (Å²) in [6.07, 6.45) is 5.25. The first-order chi connectivity index (χ1) is 12.1. The molecule has 0 aromatic heterocycles. The predicted octanol–water partition coefficient (Wildman–Crippen LogP) is -0.120. The number of carbonyl (C=O) groups excluding carboxylic acids is 3. The number of hydrogen-bond acceptors (Lipinski definition) is 4. The summed E-state index contributed by atoms with van der Waals surface area (Å²) < 4.78 is 0. The monoisotopic (exact) mass is 359 g/mol. The van der Waals surface area contributed by atoms with Crippen LogP contribution in [0.2, 0.25) is 0 Å². The maximum Gasteiger partial charge on any atom is 0.325 e. The molecule has 0 radical (unpaired) electrons. The van der Waals surface area contributed by atoms with Crippen LogP contribution in [0.3, 0.4) is 0 Å². The maximum atomic E-state index is 12.1. The van der Waals surface area contributed by atoms with Gasteiger partial charge in [-0.05, 0) is 45.0 Å². The second-order valence-corrected chi connectivity index (χ2v) is 5.72. The van der Waals surface area contributed by atoms with Crippen molar-refractivity contribution in [2.75, 3.05) is 0 Å². The van der Waals surface area contributed by atoms with Crippen LogP contribution < -0.4 is 16.0 Å². The van der Waals surface area contributed by atoms with Crippen molar-refractivity contribution in [3.63, 3.8) is 0 Å². The van der Waals surface area contributed by atoms with Gasteiger partial charge in [0.15, 0.2) is 0 Å². The summed E-state index contributed by atoms with van der Waals surface area (Å²) in [5, 5.41) is 15.9. The van der Waals surface area contributed by atoms with E-state index in [1.54, 1.807) is 24.3 Å². The van der Waals surface area contributed by atoms with Crippen LogP contribution in [0.4, 0.5) is 0 Å². The Morgan fingerprint density at radius 1 is 0.885 bits per heavy atom. The second kappa shape index (κ2) is 9.22. The van der Waals surface area contributed by atoms with Crippen molar-refractivity contribution in [2.45, 2.75) is 38.9 Å². The van der Waals surface area contributed by atoms with Gasteiger partial charge < -0.3 is 21.1 Å². The Balaban J connectivity index is 2.58. The molecule has 0 unspecified atom stereocenters. The number of benzene rings is 1. The van der Waals surface area contributed by atoms with Crippen LogP contribution in [0.15, 0.2) is 24.3 Å². The molecule has 8 nitrogen and oxygen atoms in total. The van der Waals surface area contributed by atoms with Crippen molar-refractivity contribution in [1.82, 2.24) is 16.0 Å². The van der Waals surface area contributed by atoms with E-state index < -0.39 is 41.8 Å². The molecule has 0 bridgehead atoms. The molecule has 0 saturated carbocycles. The summed E-state index contributed by atoms with van der Waals surface area (Å²) in [5.74, 6) is -0.439. The number of terminal acetylenes is 1. The molecular weight excluding hydrogens is 338 g/mol. The molecule has 3 amide bonds. The highest BCUT2D eigenvalue weighted by atomic mass is 16.4. The second-order valence-electron chi connectivity index (χ2n) is 5.72. The smallest absolute Gasteiger partial charge is 0.325 e. The summed E-state index contributed by atoms with van der Waals surface area (Å²) in [7, 11) is 0. The number of rotatable bonds is 7. The van der Waals surface area contributed by atoms with Gasteiger partial charge in [-0.2, -0.15) is 0 Å². The molecule has 138 valence electrons. The van der Waals surface area contributed by atoms with Crippen LogP contribution in [0.1, 0.15) is 36.7 Å². The minimum Gasteiger partial charge on any atom is -0.480 e. The van der Waals surface area contributed by atoms with Gasteiger partial charge in [0.1, 0.15) is 18.1 Å². The Bertz CT molecular complexity index is 736. The molecule has 1 aromatic carbocycles. The van der Waals surface area contributed by atoms with Crippen LogP contribution in [0.5, 0.6) is 0 Å². The molecule has 1 rings (SSSR count). The molecular formula is C18H21N3O5. The highest BCUT2D eigenvalue weighted by Crippen LogP contribution is 2.03. The molecule has 0 fully saturated rings. The Kier molecular flexibility index (Phi) is 7.34. The fourth-order valence-electron chi connectivity index (χ4n) is 1.87. The maximum absolute atomic E-state index is 12.1. The number of carboxylic acid groups (broad SMARTS) is 1. The number of carbonyl (C=O) groups is 4. The largest absolute Gasteiger partial charge is 0.480 e. The Labute approximate surface area is 151 Å². The van der Waals surface area contributed by atoms with E-state index in [9.17, 15) is 19.2 Å². The van der Waals surface area contributed by atoms with Crippen molar-refractivity contribution in [2.24, 2.45) is 0 Å². The lowest BCUT2D eigenvalue weighted by atomic mass is 10.1. The third-order valence-electron chi connectivity index (χ3n) is 3.54. The fraction of sp³-hybridized carbons (Fsp3) is 0.333. The van der Waals surface area contributed by atoms with Crippen LogP contribution in [-0.4, -0.2) is 46.9 Å². The fourth-order valence-corrected chi connectivity index (χ4v) is 1.87. The third kappa shape index (κ3) is 5.94. The molecule has 0 spiro atoms. The molecule has 8 heteroatoms. The van der Waals surface area contributed by atoms with Gasteiger partial charge in [0.05, 0.1) is 0 Å². The van der Waals surface area contributed by atoms with Gasteiger partial charge in [-0.25, -0.2) is 0 Å². The number of hydrogen-bond donors (Lipinski definition) is 4. The summed E-state index contributed by atoms with van der Waals surface area (Å²) in [6.45, 7) is 4.19. The van der Waals surface area contributed by atoms with E-state index in [2.05, 4.69) is 21.9 Å². The molecule has 4 N–H and O–H groups in total. The first-order valence-electron chi connectivity index (χ1n) is 7.86. The van der Waals surface area contributed by atoms with Gasteiger partial charge in [-0.15, -0.1) is 6.42 Å². The number of carboxylic acids is 1. The predicted molar refractivity (Wildman–Crippen MR) is 94.2 cm³/mol. The molecule has 0 aliphatic heterocycles. The number of amides is 3. The summed E-state index contributed by atoms with van der Waals surface area (Å²) in [5.41, 5.74) is 0.965. The van der Waals surface area contributed by atoms with E-state index in [-0.39, 0.29) is 0 Å². The van der Waals surface area contributed by atoms with Gasteiger partial charge in [0.2, 0.25) is 11.8 Å². The normalized spacial score (nSPS) is 13.5. The van der Waals surface area contributed by atoms with Crippen molar-refractivity contribution in [3.05, 3.63) is 35.4 Å². The quantitative estimate of drug-likeness (QED) is 0.505. The van der Waals surface area contributed by atoms with E-state index in [1.165, 1.54) is 20.8 Å². The minimum atomic E-state index is -1.19. The van der Waals surface area contributed by atoms with Crippen molar-refractivity contribution in [3.8, 4) is 12.3 Å². The van der Waals surface area contributed by atoms with E-state index in [0.29, 0.717) is 11.1 Å². The van der Waals surface area contributed by atoms with Gasteiger partial charge in [0, 0.05) is 11.1 Å². The van der Waals surface area contributed by atoms with E-state index >= 15 is 0 Å². The number of nitrogens with one attached hydrogen (secondary N) is 3. The molecule has 3 atom stereocenters. The van der Waals surface area contributed by atoms with Crippen molar-refractivity contribution >= 4 is 23.7 Å². The lowest BCUT2D eigenvalue weighted by Gasteiger charge is -2.19.